The van der Waals surface area contributed by atoms with Crippen LogP contribution in [0.1, 0.15) is 24.5 Å². The number of nitrogens with zero attached hydrogens (tertiary/aromatic N) is 1. The number of phenols is 2. The van der Waals surface area contributed by atoms with Gasteiger partial charge in [0, 0.05) is 6.54 Å². The maximum atomic E-state index is 13.2. The standard InChI is InChI=1S/C19H22N2O7S/c1-2-7-28-14-3-5-15(6-4-14)29(26,27)21-11-13-10-18(23)17(22)9-12(13)8-16(21)19(24)20-25/h3-6,9-10,16,22-23,25H,2,7-8,11H2,1H3,(H,20,24)/t16-/m1/s1. The Kier molecular flexibility index (Phi) is 5.96. The molecule has 1 amide bonds. The van der Waals surface area contributed by atoms with Crippen molar-refractivity contribution in [2.24, 2.45) is 0 Å². The molecular formula is C19H22N2O7S. The molecule has 10 heteroatoms. The first-order chi connectivity index (χ1) is 13.8. The molecule has 0 aliphatic carbocycles. The number of hydrogen-bond acceptors (Lipinski definition) is 7. The highest BCUT2D eigenvalue weighted by atomic mass is 32.2. The zero-order chi connectivity index (χ0) is 21.2. The van der Waals surface area contributed by atoms with Crippen LogP contribution >= 0.6 is 0 Å². The van der Waals surface area contributed by atoms with Crippen LogP contribution in [0.3, 0.4) is 0 Å². The Morgan fingerprint density at radius 1 is 1.17 bits per heavy atom. The number of sulfonamides is 1. The van der Waals surface area contributed by atoms with Crippen molar-refractivity contribution in [3.8, 4) is 17.2 Å². The number of hydroxylamine groups is 1. The van der Waals surface area contributed by atoms with Gasteiger partial charge in [-0.1, -0.05) is 6.92 Å². The predicted molar refractivity (Wildman–Crippen MR) is 102 cm³/mol. The molecule has 0 fully saturated rings. The third-order valence-corrected chi connectivity index (χ3v) is 6.57. The van der Waals surface area contributed by atoms with Gasteiger partial charge in [0.05, 0.1) is 11.5 Å². The van der Waals surface area contributed by atoms with Crippen LogP contribution in [0.25, 0.3) is 0 Å². The van der Waals surface area contributed by atoms with Crippen LogP contribution in [-0.4, -0.2) is 46.7 Å². The lowest BCUT2D eigenvalue weighted by Gasteiger charge is -2.34. The van der Waals surface area contributed by atoms with Crippen molar-refractivity contribution in [2.45, 2.75) is 37.2 Å². The lowest BCUT2D eigenvalue weighted by atomic mass is 9.95. The number of carbonyl (C=O) groups is 1. The van der Waals surface area contributed by atoms with Gasteiger partial charge in [-0.25, -0.2) is 13.9 Å². The highest BCUT2D eigenvalue weighted by Gasteiger charge is 2.40. The molecule has 3 rings (SSSR count). The van der Waals surface area contributed by atoms with Crippen molar-refractivity contribution in [1.82, 2.24) is 9.79 Å². The number of nitrogens with one attached hydrogen (secondary N) is 1. The number of phenolic OH excluding ortho intramolecular Hbond substituents is 2. The summed E-state index contributed by atoms with van der Waals surface area (Å²) in [6.07, 6.45) is 0.736. The smallest absolute Gasteiger partial charge is 0.262 e. The van der Waals surface area contributed by atoms with Crippen molar-refractivity contribution in [1.29, 1.82) is 0 Å². The van der Waals surface area contributed by atoms with Gasteiger partial charge in [-0.2, -0.15) is 4.31 Å². The Hall–Kier alpha value is -2.82. The molecule has 0 bridgehead atoms. The number of amides is 1. The summed E-state index contributed by atoms with van der Waals surface area (Å²) in [5.41, 5.74) is 2.46. The van der Waals surface area contributed by atoms with Crippen LogP contribution in [0.5, 0.6) is 17.2 Å². The van der Waals surface area contributed by atoms with E-state index in [9.17, 15) is 23.4 Å². The molecule has 1 aliphatic rings. The number of ether oxygens (including phenoxy) is 1. The molecule has 1 aliphatic heterocycles. The lowest BCUT2D eigenvalue weighted by Crippen LogP contribution is -2.51. The van der Waals surface area contributed by atoms with Gasteiger partial charge in [0.1, 0.15) is 11.8 Å². The number of hydrogen-bond donors (Lipinski definition) is 4. The zero-order valence-corrected chi connectivity index (χ0v) is 16.5. The fourth-order valence-electron chi connectivity index (χ4n) is 3.20. The molecule has 1 atom stereocenters. The molecule has 0 unspecified atom stereocenters. The molecule has 0 spiro atoms. The van der Waals surface area contributed by atoms with Gasteiger partial charge in [-0.3, -0.25) is 10.0 Å². The summed E-state index contributed by atoms with van der Waals surface area (Å²) < 4.78 is 32.8. The van der Waals surface area contributed by atoms with Gasteiger partial charge in [0.15, 0.2) is 11.5 Å². The van der Waals surface area contributed by atoms with Crippen molar-refractivity contribution in [3.63, 3.8) is 0 Å². The highest BCUT2D eigenvalue weighted by Crippen LogP contribution is 2.35. The van der Waals surface area contributed by atoms with Gasteiger partial charge in [0.2, 0.25) is 10.0 Å². The van der Waals surface area contributed by atoms with E-state index in [1.54, 1.807) is 0 Å². The SMILES string of the molecule is CCCOc1ccc(S(=O)(=O)N2Cc3cc(O)c(O)cc3C[C@@H]2C(=O)NO)cc1. The van der Waals surface area contributed by atoms with E-state index in [1.807, 2.05) is 6.92 Å². The van der Waals surface area contributed by atoms with Gasteiger partial charge < -0.3 is 14.9 Å². The van der Waals surface area contributed by atoms with E-state index >= 15 is 0 Å². The Morgan fingerprint density at radius 2 is 1.79 bits per heavy atom. The summed E-state index contributed by atoms with van der Waals surface area (Å²) >= 11 is 0. The van der Waals surface area contributed by atoms with Crippen molar-refractivity contribution < 1.29 is 33.4 Å². The van der Waals surface area contributed by atoms with E-state index in [0.717, 1.165) is 10.7 Å². The normalized spacial score (nSPS) is 16.8. The summed E-state index contributed by atoms with van der Waals surface area (Å²) in [4.78, 5) is 12.2. The molecule has 2 aromatic carbocycles. The number of carbonyl (C=O) groups excluding carboxylic acids is 1. The van der Waals surface area contributed by atoms with E-state index in [4.69, 9.17) is 9.94 Å². The summed E-state index contributed by atoms with van der Waals surface area (Å²) in [6.45, 7) is 2.25. The average Bonchev–Trinajstić information content (AvgIpc) is 2.72. The summed E-state index contributed by atoms with van der Waals surface area (Å²) in [5, 5.41) is 28.5. The zero-order valence-electron chi connectivity index (χ0n) is 15.7. The first-order valence-electron chi connectivity index (χ1n) is 9.00. The van der Waals surface area contributed by atoms with Crippen LogP contribution < -0.4 is 10.2 Å². The molecule has 1 heterocycles. The first-order valence-corrected chi connectivity index (χ1v) is 10.4. The van der Waals surface area contributed by atoms with Crippen LogP contribution in [-0.2, 0) is 27.8 Å². The molecule has 9 nitrogen and oxygen atoms in total. The Morgan fingerprint density at radius 3 is 2.38 bits per heavy atom. The first kappa shape index (κ1) is 20.9. The molecule has 0 radical (unpaired) electrons. The Labute approximate surface area is 168 Å². The van der Waals surface area contributed by atoms with Crippen LogP contribution in [0.15, 0.2) is 41.3 Å². The van der Waals surface area contributed by atoms with E-state index in [0.29, 0.717) is 23.5 Å². The number of aromatic hydroxyl groups is 2. The predicted octanol–water partition coefficient (Wildman–Crippen LogP) is 1.51. The minimum Gasteiger partial charge on any atom is -0.504 e. The van der Waals surface area contributed by atoms with Crippen molar-refractivity contribution in [3.05, 3.63) is 47.5 Å². The van der Waals surface area contributed by atoms with Crippen molar-refractivity contribution >= 4 is 15.9 Å². The Balaban J connectivity index is 1.98. The number of rotatable bonds is 6. The second-order valence-corrected chi connectivity index (χ2v) is 8.57. The fourth-order valence-corrected chi connectivity index (χ4v) is 4.77. The molecule has 0 saturated heterocycles. The summed E-state index contributed by atoms with van der Waals surface area (Å²) in [7, 11) is -4.11. The third-order valence-electron chi connectivity index (χ3n) is 4.70. The third kappa shape index (κ3) is 4.14. The molecule has 0 saturated carbocycles. The fraction of sp³-hybridized carbons (Fsp3) is 0.316. The minimum absolute atomic E-state index is 0.0384. The van der Waals surface area contributed by atoms with Gasteiger partial charge in [0.25, 0.3) is 5.91 Å². The average molecular weight is 422 g/mol. The van der Waals surface area contributed by atoms with E-state index in [2.05, 4.69) is 0 Å². The van der Waals surface area contributed by atoms with Crippen LogP contribution in [0.4, 0.5) is 0 Å². The highest BCUT2D eigenvalue weighted by molar-refractivity contribution is 7.89. The molecular weight excluding hydrogens is 400 g/mol. The lowest BCUT2D eigenvalue weighted by molar-refractivity contribution is -0.133. The maximum Gasteiger partial charge on any atom is 0.262 e. The van der Waals surface area contributed by atoms with Crippen molar-refractivity contribution in [2.75, 3.05) is 6.61 Å². The maximum absolute atomic E-state index is 13.2. The number of fused-ring (bicyclic) bond motifs is 1. The largest absolute Gasteiger partial charge is 0.504 e. The van der Waals surface area contributed by atoms with Gasteiger partial charge >= 0.3 is 0 Å². The van der Waals surface area contributed by atoms with Crippen LogP contribution in [0, 0.1) is 0 Å². The van der Waals surface area contributed by atoms with Crippen LogP contribution in [0.2, 0.25) is 0 Å². The van der Waals surface area contributed by atoms with E-state index < -0.39 is 22.0 Å². The Bertz CT molecular complexity index is 1010. The summed E-state index contributed by atoms with van der Waals surface area (Å²) in [5.74, 6) is -1.12. The molecule has 2 aromatic rings. The van der Waals surface area contributed by atoms with E-state index in [-0.39, 0.29) is 29.4 Å². The monoisotopic (exact) mass is 422 g/mol. The second kappa shape index (κ2) is 8.27. The quantitative estimate of drug-likeness (QED) is 0.315. The topological polar surface area (TPSA) is 136 Å². The second-order valence-electron chi connectivity index (χ2n) is 6.68. The molecule has 0 aromatic heterocycles. The number of benzene rings is 2. The van der Waals surface area contributed by atoms with E-state index in [1.165, 1.54) is 41.9 Å². The molecule has 29 heavy (non-hydrogen) atoms. The summed E-state index contributed by atoms with van der Waals surface area (Å²) in [6, 6.07) is 7.17. The molecule has 4 N–H and O–H groups in total. The van der Waals surface area contributed by atoms with Gasteiger partial charge in [-0.15, -0.1) is 0 Å². The molecule has 156 valence electrons. The van der Waals surface area contributed by atoms with Gasteiger partial charge in [-0.05, 0) is 60.4 Å². The minimum atomic E-state index is -4.11.